The van der Waals surface area contributed by atoms with Crippen molar-refractivity contribution in [1.29, 1.82) is 0 Å². The largest absolute Gasteiger partial charge is 0.292 e. The third-order valence-electron chi connectivity index (χ3n) is 3.71. The van der Waals surface area contributed by atoms with E-state index in [4.69, 9.17) is 5.84 Å². The molecule has 0 saturated heterocycles. The van der Waals surface area contributed by atoms with Gasteiger partial charge in [-0.05, 0) is 38.0 Å². The molecule has 3 aromatic rings. The van der Waals surface area contributed by atoms with Crippen molar-refractivity contribution in [2.24, 2.45) is 5.84 Å². The van der Waals surface area contributed by atoms with E-state index in [1.807, 2.05) is 35.9 Å². The van der Waals surface area contributed by atoms with Crippen molar-refractivity contribution in [2.45, 2.75) is 27.2 Å². The molecule has 2 heterocycles. The number of hydrogen-bond donors (Lipinski definition) is 2. The van der Waals surface area contributed by atoms with Crippen LogP contribution in [-0.2, 0) is 6.42 Å². The number of aromatic nitrogens is 4. The summed E-state index contributed by atoms with van der Waals surface area (Å²) in [6, 6.07) is 7.84. The Balaban J connectivity index is 2.34. The molecule has 1 aromatic carbocycles. The average Bonchev–Trinajstić information content (AvgIpc) is 2.80. The van der Waals surface area contributed by atoms with Crippen molar-refractivity contribution in [3.8, 4) is 5.82 Å². The summed E-state index contributed by atoms with van der Waals surface area (Å²) in [6.45, 7) is 6.21. The SMILES string of the molecule is CCc1c(C)nn(-c2nc(NN)nc3ccccc23)c1C. The van der Waals surface area contributed by atoms with Crippen LogP contribution in [0.2, 0.25) is 0 Å². The number of nitrogens with two attached hydrogens (primary N) is 1. The summed E-state index contributed by atoms with van der Waals surface area (Å²) in [5.41, 5.74) is 6.73. The van der Waals surface area contributed by atoms with Crippen molar-refractivity contribution >= 4 is 16.9 Å². The predicted molar refractivity (Wildman–Crippen MR) is 83.3 cm³/mol. The van der Waals surface area contributed by atoms with E-state index >= 15 is 0 Å². The first-order valence-corrected chi connectivity index (χ1v) is 6.94. The van der Waals surface area contributed by atoms with Gasteiger partial charge >= 0.3 is 0 Å². The number of anilines is 1. The second kappa shape index (κ2) is 5.14. The fourth-order valence-corrected chi connectivity index (χ4v) is 2.68. The maximum Gasteiger partial charge on any atom is 0.239 e. The van der Waals surface area contributed by atoms with Crippen LogP contribution in [0, 0.1) is 13.8 Å². The van der Waals surface area contributed by atoms with Crippen LogP contribution >= 0.6 is 0 Å². The van der Waals surface area contributed by atoms with E-state index in [0.29, 0.717) is 5.95 Å². The zero-order valence-corrected chi connectivity index (χ0v) is 12.4. The predicted octanol–water partition coefficient (Wildman–Crippen LogP) is 2.28. The Bertz CT molecular complexity index is 805. The van der Waals surface area contributed by atoms with E-state index in [1.165, 1.54) is 5.56 Å². The molecule has 0 atom stereocenters. The summed E-state index contributed by atoms with van der Waals surface area (Å²) in [7, 11) is 0. The number of nitrogen functional groups attached to an aromatic ring is 1. The molecule has 0 spiro atoms. The minimum atomic E-state index is 0.384. The number of benzene rings is 1. The lowest BCUT2D eigenvalue weighted by Crippen LogP contribution is -2.13. The number of hydrogen-bond acceptors (Lipinski definition) is 5. The van der Waals surface area contributed by atoms with E-state index in [2.05, 4.69) is 34.3 Å². The Morgan fingerprint density at radius 2 is 1.95 bits per heavy atom. The van der Waals surface area contributed by atoms with Gasteiger partial charge in [0.05, 0.1) is 11.2 Å². The fraction of sp³-hybridized carbons (Fsp3) is 0.267. The molecule has 21 heavy (non-hydrogen) atoms. The van der Waals surface area contributed by atoms with Gasteiger partial charge in [-0.2, -0.15) is 10.1 Å². The molecule has 2 aromatic heterocycles. The van der Waals surface area contributed by atoms with Crippen molar-refractivity contribution in [3.63, 3.8) is 0 Å². The highest BCUT2D eigenvalue weighted by atomic mass is 15.4. The quantitative estimate of drug-likeness (QED) is 0.569. The van der Waals surface area contributed by atoms with Gasteiger partial charge in [0, 0.05) is 11.1 Å². The van der Waals surface area contributed by atoms with Gasteiger partial charge < -0.3 is 0 Å². The van der Waals surface area contributed by atoms with Gasteiger partial charge in [-0.15, -0.1) is 0 Å². The van der Waals surface area contributed by atoms with Crippen LogP contribution in [0.3, 0.4) is 0 Å². The van der Waals surface area contributed by atoms with Gasteiger partial charge in [-0.25, -0.2) is 15.5 Å². The average molecular weight is 282 g/mol. The molecule has 0 aliphatic heterocycles. The maximum atomic E-state index is 5.48. The van der Waals surface area contributed by atoms with Gasteiger partial charge in [0.1, 0.15) is 0 Å². The van der Waals surface area contributed by atoms with Crippen molar-refractivity contribution < 1.29 is 0 Å². The first kappa shape index (κ1) is 13.5. The number of nitrogens with zero attached hydrogens (tertiary/aromatic N) is 4. The number of fused-ring (bicyclic) bond motifs is 1. The minimum absolute atomic E-state index is 0.384. The zero-order valence-electron chi connectivity index (χ0n) is 12.4. The van der Waals surface area contributed by atoms with Crippen LogP contribution in [0.1, 0.15) is 23.9 Å². The molecule has 0 bridgehead atoms. The molecule has 3 rings (SSSR count). The number of hydrazine groups is 1. The Morgan fingerprint density at radius 1 is 1.19 bits per heavy atom. The van der Waals surface area contributed by atoms with Gasteiger partial charge in [0.2, 0.25) is 5.95 Å². The molecule has 6 nitrogen and oxygen atoms in total. The van der Waals surface area contributed by atoms with Gasteiger partial charge in [0.25, 0.3) is 0 Å². The summed E-state index contributed by atoms with van der Waals surface area (Å²) >= 11 is 0. The van der Waals surface area contributed by atoms with Gasteiger partial charge in [0.15, 0.2) is 5.82 Å². The number of para-hydroxylation sites is 1. The number of aryl methyl sites for hydroxylation is 1. The molecule has 6 heteroatoms. The Morgan fingerprint density at radius 3 is 2.62 bits per heavy atom. The Kier molecular flexibility index (Phi) is 3.31. The second-order valence-corrected chi connectivity index (χ2v) is 4.95. The lowest BCUT2D eigenvalue weighted by atomic mass is 10.1. The summed E-state index contributed by atoms with van der Waals surface area (Å²) in [4.78, 5) is 8.86. The molecule has 0 unspecified atom stereocenters. The Labute approximate surface area is 123 Å². The topological polar surface area (TPSA) is 81.7 Å². The summed E-state index contributed by atoms with van der Waals surface area (Å²) < 4.78 is 1.87. The van der Waals surface area contributed by atoms with Crippen LogP contribution in [0.15, 0.2) is 24.3 Å². The van der Waals surface area contributed by atoms with Crippen LogP contribution in [0.4, 0.5) is 5.95 Å². The highest BCUT2D eigenvalue weighted by Gasteiger charge is 2.15. The molecule has 0 radical (unpaired) electrons. The summed E-state index contributed by atoms with van der Waals surface area (Å²) in [5, 5.41) is 5.58. The highest BCUT2D eigenvalue weighted by molar-refractivity contribution is 5.86. The molecule has 0 amide bonds. The monoisotopic (exact) mass is 282 g/mol. The third kappa shape index (κ3) is 2.13. The third-order valence-corrected chi connectivity index (χ3v) is 3.71. The summed E-state index contributed by atoms with van der Waals surface area (Å²) in [5.74, 6) is 6.61. The van der Waals surface area contributed by atoms with Gasteiger partial charge in [-0.1, -0.05) is 19.1 Å². The molecule has 3 N–H and O–H groups in total. The normalized spacial score (nSPS) is 11.0. The van der Waals surface area contributed by atoms with Gasteiger partial charge in [-0.3, -0.25) is 5.43 Å². The van der Waals surface area contributed by atoms with Crippen LogP contribution in [-0.4, -0.2) is 19.7 Å². The maximum absolute atomic E-state index is 5.48. The fourth-order valence-electron chi connectivity index (χ4n) is 2.68. The highest BCUT2D eigenvalue weighted by Crippen LogP contribution is 2.24. The lowest BCUT2D eigenvalue weighted by molar-refractivity contribution is 0.809. The number of rotatable bonds is 3. The van der Waals surface area contributed by atoms with Crippen molar-refractivity contribution in [2.75, 3.05) is 5.43 Å². The molecule has 0 aliphatic rings. The Hall–Kier alpha value is -2.47. The van der Waals surface area contributed by atoms with E-state index in [0.717, 1.165) is 34.5 Å². The second-order valence-electron chi connectivity index (χ2n) is 4.95. The smallest absolute Gasteiger partial charge is 0.239 e. The molecular weight excluding hydrogens is 264 g/mol. The first-order valence-electron chi connectivity index (χ1n) is 6.94. The van der Waals surface area contributed by atoms with Crippen LogP contribution in [0.25, 0.3) is 16.7 Å². The van der Waals surface area contributed by atoms with E-state index in [9.17, 15) is 0 Å². The van der Waals surface area contributed by atoms with Crippen molar-refractivity contribution in [3.05, 3.63) is 41.2 Å². The first-order chi connectivity index (χ1) is 10.2. The van der Waals surface area contributed by atoms with Crippen LogP contribution < -0.4 is 11.3 Å². The molecule has 0 aliphatic carbocycles. The van der Waals surface area contributed by atoms with E-state index < -0.39 is 0 Å². The van der Waals surface area contributed by atoms with Crippen LogP contribution in [0.5, 0.6) is 0 Å². The van der Waals surface area contributed by atoms with Crippen molar-refractivity contribution in [1.82, 2.24) is 19.7 Å². The minimum Gasteiger partial charge on any atom is -0.292 e. The lowest BCUT2D eigenvalue weighted by Gasteiger charge is -2.09. The number of nitrogens with one attached hydrogen (secondary N) is 1. The van der Waals surface area contributed by atoms with E-state index in [-0.39, 0.29) is 0 Å². The van der Waals surface area contributed by atoms with E-state index in [1.54, 1.807) is 0 Å². The molecule has 0 fully saturated rings. The molecule has 108 valence electrons. The zero-order chi connectivity index (χ0) is 15.0. The molecule has 0 saturated carbocycles. The summed E-state index contributed by atoms with van der Waals surface area (Å²) in [6.07, 6.45) is 0.947. The molecular formula is C15H18N6. The standard InChI is InChI=1S/C15H18N6/c1-4-11-9(2)20-21(10(11)3)14-12-7-5-6-8-13(12)17-15(18-14)19-16/h5-8H,4,16H2,1-3H3,(H,17,18,19).